The van der Waals surface area contributed by atoms with Crippen LogP contribution in [-0.4, -0.2) is 41.4 Å². The van der Waals surface area contributed by atoms with Crippen LogP contribution in [0, 0.1) is 6.92 Å². The van der Waals surface area contributed by atoms with Crippen LogP contribution in [0.1, 0.15) is 17.0 Å². The molecule has 2 fully saturated rings. The zero-order valence-electron chi connectivity index (χ0n) is 9.61. The molecule has 2 aliphatic rings. The van der Waals surface area contributed by atoms with Gasteiger partial charge in [-0.25, -0.2) is 0 Å². The fourth-order valence-corrected chi connectivity index (χ4v) is 2.60. The third-order valence-electron chi connectivity index (χ3n) is 3.59. The minimum absolute atomic E-state index is 0.166. The van der Waals surface area contributed by atoms with E-state index in [1.54, 1.807) is 0 Å². The summed E-state index contributed by atoms with van der Waals surface area (Å²) in [4.78, 5) is 0. The summed E-state index contributed by atoms with van der Waals surface area (Å²) in [7, 11) is 0. The second-order valence-electron chi connectivity index (χ2n) is 4.79. The molecule has 2 heterocycles. The van der Waals surface area contributed by atoms with Crippen molar-refractivity contribution in [2.75, 3.05) is 6.61 Å². The summed E-state index contributed by atoms with van der Waals surface area (Å²) in [5.74, 6) is -0.218. The maximum absolute atomic E-state index is 10.1. The summed E-state index contributed by atoms with van der Waals surface area (Å²) in [6, 6.07) is 7.93. The Kier molecular flexibility index (Phi) is 2.67. The number of aryl methyl sites for hydroxylation is 1. The van der Waals surface area contributed by atoms with Crippen LogP contribution in [0.5, 0.6) is 0 Å². The van der Waals surface area contributed by atoms with Gasteiger partial charge in [0, 0.05) is 5.92 Å². The molecule has 4 nitrogen and oxygen atoms in total. The van der Waals surface area contributed by atoms with E-state index in [0.717, 1.165) is 5.56 Å². The lowest BCUT2D eigenvalue weighted by Crippen LogP contribution is -2.49. The van der Waals surface area contributed by atoms with Crippen molar-refractivity contribution in [1.29, 1.82) is 0 Å². The van der Waals surface area contributed by atoms with Crippen molar-refractivity contribution in [3.05, 3.63) is 35.4 Å². The molecule has 17 heavy (non-hydrogen) atoms. The molecule has 0 amide bonds. The van der Waals surface area contributed by atoms with Crippen LogP contribution >= 0.6 is 0 Å². The SMILES string of the molecule is Cc1ccc([C@H]2[C@@H](O)[C@@H](O)[C@@H]3OC[C@@H]2O3)cc1. The van der Waals surface area contributed by atoms with Gasteiger partial charge in [-0.2, -0.15) is 0 Å². The van der Waals surface area contributed by atoms with E-state index >= 15 is 0 Å². The number of ether oxygens (including phenoxy) is 2. The highest BCUT2D eigenvalue weighted by atomic mass is 16.7. The summed E-state index contributed by atoms with van der Waals surface area (Å²) in [6.45, 7) is 2.44. The fraction of sp³-hybridized carbons (Fsp3) is 0.538. The summed E-state index contributed by atoms with van der Waals surface area (Å²) in [5, 5.41) is 20.0. The number of benzene rings is 1. The fourth-order valence-electron chi connectivity index (χ4n) is 2.60. The van der Waals surface area contributed by atoms with Crippen LogP contribution < -0.4 is 0 Å². The number of aliphatic hydroxyl groups is 2. The van der Waals surface area contributed by atoms with E-state index in [0.29, 0.717) is 6.61 Å². The molecule has 1 aromatic carbocycles. The predicted octanol–water partition coefficient (Wildman–Crippen LogP) is 0.556. The summed E-state index contributed by atoms with van der Waals surface area (Å²) in [6.07, 6.45) is -2.64. The van der Waals surface area contributed by atoms with E-state index < -0.39 is 18.5 Å². The Bertz CT molecular complexity index is 402. The average molecular weight is 236 g/mol. The van der Waals surface area contributed by atoms with Crippen molar-refractivity contribution < 1.29 is 19.7 Å². The Labute approximate surface area is 99.8 Å². The highest BCUT2D eigenvalue weighted by Gasteiger charge is 2.49. The van der Waals surface area contributed by atoms with Crippen LogP contribution in [-0.2, 0) is 9.47 Å². The first-order valence-electron chi connectivity index (χ1n) is 5.86. The molecule has 2 N–H and O–H groups in total. The molecule has 0 aliphatic carbocycles. The maximum atomic E-state index is 10.1. The van der Waals surface area contributed by atoms with E-state index in [9.17, 15) is 10.2 Å². The van der Waals surface area contributed by atoms with Gasteiger partial charge < -0.3 is 19.7 Å². The highest BCUT2D eigenvalue weighted by molar-refractivity contribution is 5.28. The van der Waals surface area contributed by atoms with Crippen molar-refractivity contribution in [3.63, 3.8) is 0 Å². The molecule has 92 valence electrons. The second kappa shape index (κ2) is 4.07. The predicted molar refractivity (Wildman–Crippen MR) is 60.5 cm³/mol. The topological polar surface area (TPSA) is 58.9 Å². The zero-order chi connectivity index (χ0) is 12.0. The number of hydrogen-bond acceptors (Lipinski definition) is 4. The van der Waals surface area contributed by atoms with Gasteiger partial charge in [-0.15, -0.1) is 0 Å². The lowest BCUT2D eigenvalue weighted by atomic mass is 9.84. The van der Waals surface area contributed by atoms with E-state index in [1.165, 1.54) is 5.56 Å². The molecule has 4 heteroatoms. The van der Waals surface area contributed by atoms with Crippen molar-refractivity contribution in [3.8, 4) is 0 Å². The Balaban J connectivity index is 1.93. The van der Waals surface area contributed by atoms with E-state index in [1.807, 2.05) is 31.2 Å². The molecule has 1 aromatic rings. The largest absolute Gasteiger partial charge is 0.389 e. The van der Waals surface area contributed by atoms with Crippen LogP contribution in [0.25, 0.3) is 0 Å². The summed E-state index contributed by atoms with van der Waals surface area (Å²) >= 11 is 0. The van der Waals surface area contributed by atoms with Gasteiger partial charge in [0.15, 0.2) is 6.29 Å². The smallest absolute Gasteiger partial charge is 0.186 e. The van der Waals surface area contributed by atoms with Gasteiger partial charge in [0.2, 0.25) is 0 Å². The van der Waals surface area contributed by atoms with E-state index in [2.05, 4.69) is 0 Å². The number of aliphatic hydroxyl groups excluding tert-OH is 2. The minimum atomic E-state index is -0.972. The number of hydrogen-bond donors (Lipinski definition) is 2. The van der Waals surface area contributed by atoms with Crippen molar-refractivity contribution in [2.24, 2.45) is 0 Å². The van der Waals surface area contributed by atoms with Crippen molar-refractivity contribution in [1.82, 2.24) is 0 Å². The molecule has 0 spiro atoms. The van der Waals surface area contributed by atoms with Crippen LogP contribution in [0.2, 0.25) is 0 Å². The molecule has 0 aromatic heterocycles. The quantitative estimate of drug-likeness (QED) is 0.748. The third-order valence-corrected chi connectivity index (χ3v) is 3.59. The van der Waals surface area contributed by atoms with Gasteiger partial charge in [-0.3, -0.25) is 0 Å². The Morgan fingerprint density at radius 3 is 2.53 bits per heavy atom. The van der Waals surface area contributed by atoms with Gasteiger partial charge in [0.1, 0.15) is 6.10 Å². The molecule has 0 saturated carbocycles. The minimum Gasteiger partial charge on any atom is -0.389 e. The van der Waals surface area contributed by atoms with Gasteiger partial charge in [0.05, 0.1) is 18.8 Å². The highest BCUT2D eigenvalue weighted by Crippen LogP contribution is 2.38. The average Bonchev–Trinajstić information content (AvgIpc) is 2.75. The van der Waals surface area contributed by atoms with E-state index in [4.69, 9.17) is 9.47 Å². The van der Waals surface area contributed by atoms with Gasteiger partial charge in [-0.1, -0.05) is 29.8 Å². The molecule has 2 aliphatic heterocycles. The molecule has 5 atom stereocenters. The Hall–Kier alpha value is -0.940. The van der Waals surface area contributed by atoms with Gasteiger partial charge in [-0.05, 0) is 12.5 Å². The summed E-state index contributed by atoms with van der Waals surface area (Å²) < 4.78 is 10.8. The third kappa shape index (κ3) is 1.77. The molecule has 2 saturated heterocycles. The maximum Gasteiger partial charge on any atom is 0.186 e. The first-order valence-corrected chi connectivity index (χ1v) is 5.86. The number of rotatable bonds is 1. The van der Waals surface area contributed by atoms with Crippen molar-refractivity contribution in [2.45, 2.75) is 37.4 Å². The summed E-state index contributed by atoms with van der Waals surface area (Å²) in [5.41, 5.74) is 2.15. The van der Waals surface area contributed by atoms with Crippen molar-refractivity contribution >= 4 is 0 Å². The molecule has 3 rings (SSSR count). The lowest BCUT2D eigenvalue weighted by Gasteiger charge is -2.36. The molecule has 2 bridgehead atoms. The lowest BCUT2D eigenvalue weighted by molar-refractivity contribution is -0.200. The first kappa shape index (κ1) is 11.2. The molecule has 0 radical (unpaired) electrons. The number of fused-ring (bicyclic) bond motifs is 2. The van der Waals surface area contributed by atoms with Crippen LogP contribution in [0.15, 0.2) is 24.3 Å². The zero-order valence-corrected chi connectivity index (χ0v) is 9.61. The standard InChI is InChI=1S/C13H16O4/c1-7-2-4-8(5-3-7)10-9-6-16-13(17-9)12(15)11(10)14/h2-5,9-15H,6H2,1H3/t9-,10+,11+,12+,13+/m0/s1. The Morgan fingerprint density at radius 2 is 1.82 bits per heavy atom. The Morgan fingerprint density at radius 1 is 1.12 bits per heavy atom. The molecular weight excluding hydrogens is 220 g/mol. The normalized spacial score (nSPS) is 40.5. The van der Waals surface area contributed by atoms with Crippen LogP contribution in [0.3, 0.4) is 0 Å². The first-order chi connectivity index (χ1) is 8.16. The second-order valence-corrected chi connectivity index (χ2v) is 4.79. The van der Waals surface area contributed by atoms with E-state index in [-0.39, 0.29) is 12.0 Å². The molecular formula is C13H16O4. The monoisotopic (exact) mass is 236 g/mol. The van der Waals surface area contributed by atoms with Crippen LogP contribution in [0.4, 0.5) is 0 Å². The van der Waals surface area contributed by atoms with Gasteiger partial charge >= 0.3 is 0 Å². The van der Waals surface area contributed by atoms with Gasteiger partial charge in [0.25, 0.3) is 0 Å². The molecule has 0 unspecified atom stereocenters.